The average molecular weight is 397 g/mol. The molecule has 0 N–H and O–H groups in total. The van der Waals surface area contributed by atoms with E-state index in [0.717, 1.165) is 17.3 Å². The van der Waals surface area contributed by atoms with E-state index in [1.54, 1.807) is 30.7 Å². The van der Waals surface area contributed by atoms with Gasteiger partial charge < -0.3 is 9.64 Å². The number of ether oxygens (including phenoxy) is 1. The summed E-state index contributed by atoms with van der Waals surface area (Å²) in [5.41, 5.74) is 0.523. The van der Waals surface area contributed by atoms with Gasteiger partial charge in [-0.1, -0.05) is 27.5 Å². The van der Waals surface area contributed by atoms with Gasteiger partial charge in [0.25, 0.3) is 5.91 Å². The van der Waals surface area contributed by atoms with Crippen molar-refractivity contribution in [3.63, 3.8) is 0 Å². The van der Waals surface area contributed by atoms with Crippen LogP contribution in [0.25, 0.3) is 0 Å². The summed E-state index contributed by atoms with van der Waals surface area (Å²) < 4.78 is 6.63. The first kappa shape index (κ1) is 16.2. The lowest BCUT2D eigenvalue weighted by molar-refractivity contribution is 0.0587. The van der Waals surface area contributed by atoms with Crippen molar-refractivity contribution in [3.8, 4) is 5.88 Å². The summed E-state index contributed by atoms with van der Waals surface area (Å²) in [6.07, 6.45) is 6.37. The van der Waals surface area contributed by atoms with Crippen molar-refractivity contribution in [2.75, 3.05) is 13.1 Å². The average Bonchev–Trinajstić information content (AvgIpc) is 2.58. The largest absolute Gasteiger partial charge is 0.473 e. The van der Waals surface area contributed by atoms with Crippen molar-refractivity contribution in [2.24, 2.45) is 0 Å². The quantitative estimate of drug-likeness (QED) is 0.796. The number of amides is 1. The first-order chi connectivity index (χ1) is 11.1. The van der Waals surface area contributed by atoms with E-state index in [9.17, 15) is 4.79 Å². The summed E-state index contributed by atoms with van der Waals surface area (Å²) in [6, 6.07) is 5.30. The Morgan fingerprint density at radius 1 is 1.30 bits per heavy atom. The second-order valence-corrected chi connectivity index (χ2v) is 6.60. The van der Waals surface area contributed by atoms with Gasteiger partial charge in [0.1, 0.15) is 6.10 Å². The first-order valence-electron chi connectivity index (χ1n) is 7.30. The van der Waals surface area contributed by atoms with Crippen LogP contribution in [0, 0.1) is 0 Å². The van der Waals surface area contributed by atoms with Crippen molar-refractivity contribution in [1.29, 1.82) is 0 Å². The number of likely N-dealkylation sites (tertiary alicyclic amines) is 1. The van der Waals surface area contributed by atoms with Gasteiger partial charge in [0.15, 0.2) is 0 Å². The summed E-state index contributed by atoms with van der Waals surface area (Å²) in [4.78, 5) is 22.5. The molecule has 3 rings (SSSR count). The van der Waals surface area contributed by atoms with Gasteiger partial charge in [0.05, 0.1) is 16.8 Å². The SMILES string of the molecule is O=C(c1cc(Br)ccc1Cl)N1CCC(Oc2cnccn2)CC1. The molecule has 1 saturated heterocycles. The van der Waals surface area contributed by atoms with Crippen LogP contribution in [0.3, 0.4) is 0 Å². The summed E-state index contributed by atoms with van der Waals surface area (Å²) >= 11 is 9.51. The van der Waals surface area contributed by atoms with Gasteiger partial charge in [-0.2, -0.15) is 0 Å². The second-order valence-electron chi connectivity index (χ2n) is 5.28. The van der Waals surface area contributed by atoms with E-state index in [2.05, 4.69) is 25.9 Å². The molecule has 0 radical (unpaired) electrons. The molecule has 2 heterocycles. The predicted octanol–water partition coefficient (Wildman–Crippen LogP) is 3.58. The molecular weight excluding hydrogens is 382 g/mol. The number of hydrogen-bond acceptors (Lipinski definition) is 4. The second kappa shape index (κ2) is 7.27. The van der Waals surface area contributed by atoms with Crippen LogP contribution < -0.4 is 4.74 Å². The molecule has 1 fully saturated rings. The summed E-state index contributed by atoms with van der Waals surface area (Å²) in [7, 11) is 0. The molecule has 0 spiro atoms. The summed E-state index contributed by atoms with van der Waals surface area (Å²) in [5.74, 6) is 0.474. The van der Waals surface area contributed by atoms with Crippen molar-refractivity contribution in [2.45, 2.75) is 18.9 Å². The van der Waals surface area contributed by atoms with Crippen LogP contribution in [-0.4, -0.2) is 40.0 Å². The van der Waals surface area contributed by atoms with Gasteiger partial charge in [-0.05, 0) is 18.2 Å². The standard InChI is InChI=1S/C16H15BrClN3O2/c17-11-1-2-14(18)13(9-11)16(22)21-7-3-12(4-8-21)23-15-10-19-5-6-20-15/h1-2,5-6,9-10,12H,3-4,7-8H2. The molecule has 1 aliphatic rings. The van der Waals surface area contributed by atoms with Crippen LogP contribution in [0.4, 0.5) is 0 Å². The van der Waals surface area contributed by atoms with E-state index in [0.29, 0.717) is 29.6 Å². The Bertz CT molecular complexity index is 691. The molecule has 120 valence electrons. The topological polar surface area (TPSA) is 55.3 Å². The Morgan fingerprint density at radius 3 is 2.78 bits per heavy atom. The summed E-state index contributed by atoms with van der Waals surface area (Å²) in [5, 5.41) is 0.469. The molecule has 0 bridgehead atoms. The Morgan fingerprint density at radius 2 is 2.09 bits per heavy atom. The smallest absolute Gasteiger partial charge is 0.255 e. The zero-order valence-corrected chi connectivity index (χ0v) is 14.6. The van der Waals surface area contributed by atoms with Crippen molar-refractivity contribution < 1.29 is 9.53 Å². The molecule has 1 aromatic heterocycles. The van der Waals surface area contributed by atoms with Crippen molar-refractivity contribution in [1.82, 2.24) is 14.9 Å². The highest BCUT2D eigenvalue weighted by atomic mass is 79.9. The molecule has 7 heteroatoms. The maximum atomic E-state index is 12.6. The number of nitrogens with zero attached hydrogens (tertiary/aromatic N) is 3. The van der Waals surface area contributed by atoms with E-state index in [4.69, 9.17) is 16.3 Å². The molecule has 1 amide bonds. The number of benzene rings is 1. The normalized spacial score (nSPS) is 15.5. The van der Waals surface area contributed by atoms with Crippen LogP contribution in [-0.2, 0) is 0 Å². The van der Waals surface area contributed by atoms with Gasteiger partial charge in [-0.15, -0.1) is 0 Å². The minimum Gasteiger partial charge on any atom is -0.473 e. The molecule has 2 aromatic rings. The van der Waals surface area contributed by atoms with Gasteiger partial charge in [-0.25, -0.2) is 4.98 Å². The molecular formula is C16H15BrClN3O2. The third kappa shape index (κ3) is 4.00. The highest BCUT2D eigenvalue weighted by molar-refractivity contribution is 9.10. The Kier molecular flexibility index (Phi) is 5.13. The van der Waals surface area contributed by atoms with Gasteiger partial charge in [0.2, 0.25) is 5.88 Å². The molecule has 0 aliphatic carbocycles. The number of rotatable bonds is 3. The number of piperidine rings is 1. The minimum atomic E-state index is -0.0470. The summed E-state index contributed by atoms with van der Waals surface area (Å²) in [6.45, 7) is 1.26. The Labute approximate surface area is 147 Å². The van der Waals surface area contributed by atoms with E-state index in [1.165, 1.54) is 0 Å². The van der Waals surface area contributed by atoms with Gasteiger partial charge in [-0.3, -0.25) is 9.78 Å². The van der Waals surface area contributed by atoms with Gasteiger partial charge in [0, 0.05) is 42.8 Å². The highest BCUT2D eigenvalue weighted by Gasteiger charge is 2.26. The lowest BCUT2D eigenvalue weighted by atomic mass is 10.1. The number of carbonyl (C=O) groups excluding carboxylic acids is 1. The number of aromatic nitrogens is 2. The Balaban J connectivity index is 1.60. The molecule has 23 heavy (non-hydrogen) atoms. The van der Waals surface area contributed by atoms with Crippen molar-refractivity contribution in [3.05, 3.63) is 51.8 Å². The highest BCUT2D eigenvalue weighted by Crippen LogP contribution is 2.24. The fourth-order valence-corrected chi connectivity index (χ4v) is 3.08. The number of hydrogen-bond donors (Lipinski definition) is 0. The molecule has 1 aromatic carbocycles. The zero-order chi connectivity index (χ0) is 16.2. The predicted molar refractivity (Wildman–Crippen MR) is 90.7 cm³/mol. The molecule has 0 unspecified atom stereocenters. The van der Waals surface area contributed by atoms with E-state index < -0.39 is 0 Å². The number of halogens is 2. The fraction of sp³-hybridized carbons (Fsp3) is 0.312. The van der Waals surface area contributed by atoms with Crippen molar-refractivity contribution >= 4 is 33.4 Å². The van der Waals surface area contributed by atoms with Gasteiger partial charge >= 0.3 is 0 Å². The molecule has 0 atom stereocenters. The maximum Gasteiger partial charge on any atom is 0.255 e. The lowest BCUT2D eigenvalue weighted by Crippen LogP contribution is -2.42. The lowest BCUT2D eigenvalue weighted by Gasteiger charge is -2.32. The molecule has 1 aliphatic heterocycles. The van der Waals surface area contributed by atoms with E-state index in [1.807, 2.05) is 11.0 Å². The number of carbonyl (C=O) groups is 1. The van der Waals surface area contributed by atoms with E-state index in [-0.39, 0.29) is 12.0 Å². The van der Waals surface area contributed by atoms with E-state index >= 15 is 0 Å². The molecule has 5 nitrogen and oxygen atoms in total. The zero-order valence-electron chi connectivity index (χ0n) is 12.3. The fourth-order valence-electron chi connectivity index (χ4n) is 2.53. The third-order valence-corrected chi connectivity index (χ3v) is 4.54. The maximum absolute atomic E-state index is 12.6. The molecule has 0 saturated carbocycles. The third-order valence-electron chi connectivity index (χ3n) is 3.71. The van der Waals surface area contributed by atoms with Crippen LogP contribution >= 0.6 is 27.5 Å². The van der Waals surface area contributed by atoms with Crippen LogP contribution in [0.15, 0.2) is 41.3 Å². The first-order valence-corrected chi connectivity index (χ1v) is 8.47. The van der Waals surface area contributed by atoms with Crippen LogP contribution in [0.1, 0.15) is 23.2 Å². The van der Waals surface area contributed by atoms with Crippen LogP contribution in [0.5, 0.6) is 5.88 Å². The minimum absolute atomic E-state index is 0.0470. The Hall–Kier alpha value is -1.66. The van der Waals surface area contributed by atoms with Crippen LogP contribution in [0.2, 0.25) is 5.02 Å². The monoisotopic (exact) mass is 395 g/mol.